The first-order chi connectivity index (χ1) is 16.1. The van der Waals surface area contributed by atoms with Gasteiger partial charge in [-0.05, 0) is 40.7 Å². The van der Waals surface area contributed by atoms with E-state index in [9.17, 15) is 14.7 Å². The Hall–Kier alpha value is -3.64. The summed E-state index contributed by atoms with van der Waals surface area (Å²) in [5.41, 5.74) is 5.58. The third-order valence-corrected chi connectivity index (χ3v) is 6.37. The fourth-order valence-electron chi connectivity index (χ4n) is 3.72. The topological polar surface area (TPSA) is 82.2 Å². The van der Waals surface area contributed by atoms with Crippen molar-refractivity contribution in [3.05, 3.63) is 110 Å². The Morgan fingerprint density at radius 1 is 0.848 bits per heavy atom. The van der Waals surface area contributed by atoms with Gasteiger partial charge in [-0.1, -0.05) is 90.2 Å². The monoisotopic (exact) mass is 458 g/mol. The lowest BCUT2D eigenvalue weighted by molar-refractivity contribution is -0.121. The van der Waals surface area contributed by atoms with Gasteiger partial charge >= 0.3 is 4.87 Å². The second-order valence-electron chi connectivity index (χ2n) is 7.95. The van der Waals surface area contributed by atoms with E-state index in [4.69, 9.17) is 0 Å². The molecule has 33 heavy (non-hydrogen) atoms. The lowest BCUT2D eigenvalue weighted by Crippen LogP contribution is -2.25. The number of amides is 1. The number of H-pyrrole nitrogens is 1. The summed E-state index contributed by atoms with van der Waals surface area (Å²) in [5.74, 6) is 0.0259. The minimum Gasteiger partial charge on any atom is -0.494 e. The van der Waals surface area contributed by atoms with Crippen molar-refractivity contribution in [3.63, 3.8) is 0 Å². The maximum Gasteiger partial charge on any atom is 0.307 e. The summed E-state index contributed by atoms with van der Waals surface area (Å²) in [4.78, 5) is 26.3. The quantitative estimate of drug-likeness (QED) is 0.340. The van der Waals surface area contributed by atoms with Crippen LogP contribution in [-0.2, 0) is 24.1 Å². The van der Waals surface area contributed by atoms with Gasteiger partial charge < -0.3 is 10.4 Å². The highest BCUT2D eigenvalue weighted by atomic mass is 32.1. The summed E-state index contributed by atoms with van der Waals surface area (Å²) in [6, 6.07) is 26.5. The predicted molar refractivity (Wildman–Crippen MR) is 133 cm³/mol. The van der Waals surface area contributed by atoms with Crippen molar-refractivity contribution in [2.45, 2.75) is 25.7 Å². The summed E-state index contributed by atoms with van der Waals surface area (Å²) >= 11 is 1.03. The number of nitrogens with one attached hydrogen (secondary N) is 2. The standard InChI is InChI=1S/C27H26N2O3S/c30-25(14-11-19-5-2-1-3-6-19)28-16-15-20-7-4-8-23(17-20)22-12-9-21(10-13-22)18-24-26(31)29-27(32)33-24/h1-10,12-13,17,31H,11,14-16,18H2,(H,28,30)(H,29,32). The summed E-state index contributed by atoms with van der Waals surface area (Å²) in [6.45, 7) is 0.610. The molecular weight excluding hydrogens is 432 g/mol. The van der Waals surface area contributed by atoms with Gasteiger partial charge in [-0.25, -0.2) is 0 Å². The smallest absolute Gasteiger partial charge is 0.307 e. The van der Waals surface area contributed by atoms with Gasteiger partial charge in [-0.15, -0.1) is 0 Å². The van der Waals surface area contributed by atoms with Crippen LogP contribution in [-0.4, -0.2) is 22.5 Å². The molecule has 0 unspecified atom stereocenters. The number of aryl methyl sites for hydroxylation is 1. The van der Waals surface area contributed by atoms with Crippen LogP contribution in [0.2, 0.25) is 0 Å². The Morgan fingerprint density at radius 2 is 1.61 bits per heavy atom. The summed E-state index contributed by atoms with van der Waals surface area (Å²) in [7, 11) is 0. The third-order valence-electron chi connectivity index (χ3n) is 5.50. The van der Waals surface area contributed by atoms with Crippen molar-refractivity contribution in [2.75, 3.05) is 6.54 Å². The molecule has 0 aliphatic heterocycles. The summed E-state index contributed by atoms with van der Waals surface area (Å²) in [5, 5.41) is 12.8. The summed E-state index contributed by atoms with van der Waals surface area (Å²) in [6.07, 6.45) is 2.53. The Morgan fingerprint density at radius 3 is 2.33 bits per heavy atom. The van der Waals surface area contributed by atoms with Crippen molar-refractivity contribution in [1.82, 2.24) is 10.3 Å². The van der Waals surface area contributed by atoms with Crippen LogP contribution >= 0.6 is 11.3 Å². The average Bonchev–Trinajstić information content (AvgIpc) is 3.15. The zero-order valence-corrected chi connectivity index (χ0v) is 19.0. The first kappa shape index (κ1) is 22.6. The number of thiazole rings is 1. The molecule has 0 spiro atoms. The summed E-state index contributed by atoms with van der Waals surface area (Å²) < 4.78 is 0. The number of rotatable bonds is 9. The molecule has 5 nitrogen and oxygen atoms in total. The molecule has 0 aliphatic rings. The second-order valence-corrected chi connectivity index (χ2v) is 9.01. The first-order valence-corrected chi connectivity index (χ1v) is 11.8. The Bertz CT molecular complexity index is 1260. The van der Waals surface area contributed by atoms with Gasteiger partial charge in [0.05, 0.1) is 4.88 Å². The molecule has 0 atom stereocenters. The molecule has 0 saturated carbocycles. The first-order valence-electron chi connectivity index (χ1n) is 11.0. The van der Waals surface area contributed by atoms with Gasteiger partial charge in [0.25, 0.3) is 0 Å². The molecule has 1 amide bonds. The zero-order valence-electron chi connectivity index (χ0n) is 18.2. The highest BCUT2D eigenvalue weighted by molar-refractivity contribution is 7.09. The van der Waals surface area contributed by atoms with Gasteiger partial charge in [-0.3, -0.25) is 14.6 Å². The number of aromatic amines is 1. The van der Waals surface area contributed by atoms with Gasteiger partial charge in [0.2, 0.25) is 11.8 Å². The highest BCUT2D eigenvalue weighted by Crippen LogP contribution is 2.24. The van der Waals surface area contributed by atoms with E-state index < -0.39 is 0 Å². The van der Waals surface area contributed by atoms with Crippen molar-refractivity contribution < 1.29 is 9.90 Å². The lowest BCUT2D eigenvalue weighted by atomic mass is 10.00. The average molecular weight is 459 g/mol. The molecule has 3 aromatic carbocycles. The van der Waals surface area contributed by atoms with Crippen LogP contribution in [0.4, 0.5) is 0 Å². The zero-order chi connectivity index (χ0) is 23.0. The molecule has 1 heterocycles. The van der Waals surface area contributed by atoms with E-state index in [1.54, 1.807) is 0 Å². The third kappa shape index (κ3) is 6.43. The largest absolute Gasteiger partial charge is 0.494 e. The maximum absolute atomic E-state index is 12.1. The van der Waals surface area contributed by atoms with Crippen LogP contribution in [0.3, 0.4) is 0 Å². The van der Waals surface area contributed by atoms with E-state index in [1.807, 2.05) is 60.7 Å². The van der Waals surface area contributed by atoms with E-state index in [-0.39, 0.29) is 16.7 Å². The van der Waals surface area contributed by atoms with Crippen LogP contribution in [0.15, 0.2) is 83.7 Å². The molecule has 0 radical (unpaired) electrons. The van der Waals surface area contributed by atoms with Crippen LogP contribution in [0.1, 0.15) is 28.0 Å². The Labute approximate surface area is 196 Å². The van der Waals surface area contributed by atoms with Gasteiger partial charge in [-0.2, -0.15) is 0 Å². The number of hydrogen-bond donors (Lipinski definition) is 3. The van der Waals surface area contributed by atoms with E-state index in [1.165, 1.54) is 11.1 Å². The predicted octanol–water partition coefficient (Wildman–Crippen LogP) is 4.69. The van der Waals surface area contributed by atoms with Crippen LogP contribution in [0.5, 0.6) is 5.88 Å². The molecule has 3 N–H and O–H groups in total. The normalized spacial score (nSPS) is 10.8. The minimum absolute atomic E-state index is 0.0473. The fraction of sp³-hybridized carbons (Fsp3) is 0.185. The van der Waals surface area contributed by atoms with Crippen molar-refractivity contribution >= 4 is 17.2 Å². The van der Waals surface area contributed by atoms with Gasteiger partial charge in [0.1, 0.15) is 0 Å². The Kier molecular flexibility index (Phi) is 7.37. The SMILES string of the molecule is O=C(CCc1ccccc1)NCCc1cccc(-c2ccc(Cc3sc(=O)[nH]c3O)cc2)c1. The molecular formula is C27H26N2O3S. The van der Waals surface area contributed by atoms with E-state index >= 15 is 0 Å². The molecule has 4 rings (SSSR count). The number of carbonyl (C=O) groups excluding carboxylic acids is 1. The molecule has 4 aromatic rings. The molecule has 0 fully saturated rings. The van der Waals surface area contributed by atoms with E-state index in [2.05, 4.69) is 28.5 Å². The van der Waals surface area contributed by atoms with Gasteiger partial charge in [0, 0.05) is 19.4 Å². The van der Waals surface area contributed by atoms with Crippen LogP contribution in [0.25, 0.3) is 11.1 Å². The number of hydrogen-bond acceptors (Lipinski definition) is 4. The van der Waals surface area contributed by atoms with E-state index in [0.717, 1.165) is 40.9 Å². The fourth-order valence-corrected chi connectivity index (χ4v) is 4.47. The number of benzene rings is 3. The number of aromatic nitrogens is 1. The van der Waals surface area contributed by atoms with Gasteiger partial charge in [0.15, 0.2) is 0 Å². The molecule has 0 saturated heterocycles. The van der Waals surface area contributed by atoms with Crippen LogP contribution in [0, 0.1) is 0 Å². The molecule has 6 heteroatoms. The molecule has 1 aromatic heterocycles. The minimum atomic E-state index is -0.247. The van der Waals surface area contributed by atoms with Crippen molar-refractivity contribution in [3.8, 4) is 17.0 Å². The highest BCUT2D eigenvalue weighted by Gasteiger charge is 2.08. The van der Waals surface area contributed by atoms with Crippen molar-refractivity contribution in [2.24, 2.45) is 0 Å². The number of aromatic hydroxyl groups is 1. The molecule has 0 aliphatic carbocycles. The molecule has 0 bridgehead atoms. The van der Waals surface area contributed by atoms with Crippen LogP contribution < -0.4 is 10.2 Å². The van der Waals surface area contributed by atoms with Crippen molar-refractivity contribution in [1.29, 1.82) is 0 Å². The molecule has 168 valence electrons. The lowest BCUT2D eigenvalue weighted by Gasteiger charge is -2.08. The number of carbonyl (C=O) groups is 1. The second kappa shape index (κ2) is 10.8. The maximum atomic E-state index is 12.1. The van der Waals surface area contributed by atoms with E-state index in [0.29, 0.717) is 24.3 Å². The Balaban J connectivity index is 1.29.